The molecule has 2 aliphatic rings. The van der Waals surface area contributed by atoms with Crippen molar-refractivity contribution in [3.63, 3.8) is 0 Å². The van der Waals surface area contributed by atoms with Crippen molar-refractivity contribution in [3.05, 3.63) is 11.8 Å². The zero-order valence-electron chi connectivity index (χ0n) is 15.1. The summed E-state index contributed by atoms with van der Waals surface area (Å²) in [4.78, 5) is 11.3. The van der Waals surface area contributed by atoms with Crippen LogP contribution in [0.3, 0.4) is 0 Å². The van der Waals surface area contributed by atoms with Crippen LogP contribution in [-0.2, 0) is 0 Å². The summed E-state index contributed by atoms with van der Waals surface area (Å²) < 4.78 is 0. The summed E-state index contributed by atoms with van der Waals surface area (Å²) in [7, 11) is 0. The van der Waals surface area contributed by atoms with Crippen LogP contribution < -0.4 is 5.32 Å². The molecule has 0 aromatic rings. The summed E-state index contributed by atoms with van der Waals surface area (Å²) >= 11 is 0. The molecule has 5 heteroatoms. The molecule has 0 aromatic heterocycles. The van der Waals surface area contributed by atoms with Crippen molar-refractivity contribution in [3.8, 4) is 0 Å². The van der Waals surface area contributed by atoms with Crippen LogP contribution in [0.25, 0.3) is 0 Å². The van der Waals surface area contributed by atoms with Crippen LogP contribution in [0.4, 0.5) is 0 Å². The summed E-state index contributed by atoms with van der Waals surface area (Å²) in [5.74, 6) is 1.000. The topological polar surface area (TPSA) is 60.2 Å². The van der Waals surface area contributed by atoms with Crippen molar-refractivity contribution in [2.45, 2.75) is 60.1 Å². The first kappa shape index (κ1) is 18.8. The zero-order valence-corrected chi connectivity index (χ0v) is 15.1. The normalized spacial score (nSPS) is 20.9. The average molecular weight is 308 g/mol. The second-order valence-corrected chi connectivity index (χ2v) is 7.26. The standard InChI is InChI=1S/C15H26N4O.C2H6/c1-14(2,3)12-6-13-18-11(8-19(13)10-17-12)7-16-9-15(4,5)20;1-2/h6,10-11,16,20H,7-9H2,1-5H3;1-2H3. The minimum Gasteiger partial charge on any atom is -0.389 e. The molecule has 2 heterocycles. The first-order valence-electron chi connectivity index (χ1n) is 8.19. The molecule has 1 atom stereocenters. The summed E-state index contributed by atoms with van der Waals surface area (Å²) in [6, 6.07) is 0.217. The maximum Gasteiger partial charge on any atom is 0.130 e. The van der Waals surface area contributed by atoms with Crippen LogP contribution in [0.15, 0.2) is 21.8 Å². The van der Waals surface area contributed by atoms with Crippen LogP contribution in [-0.4, -0.2) is 53.5 Å². The Bertz CT molecular complexity index is 452. The van der Waals surface area contributed by atoms with E-state index < -0.39 is 5.60 Å². The lowest BCUT2D eigenvalue weighted by Crippen LogP contribution is -2.39. The van der Waals surface area contributed by atoms with Gasteiger partial charge in [-0.05, 0) is 13.8 Å². The Kier molecular flexibility index (Phi) is 6.32. The smallest absolute Gasteiger partial charge is 0.130 e. The average Bonchev–Trinajstić information content (AvgIpc) is 2.80. The fourth-order valence-electron chi connectivity index (χ4n) is 2.21. The molecule has 0 fully saturated rings. The fourth-order valence-corrected chi connectivity index (χ4v) is 2.21. The highest BCUT2D eigenvalue weighted by atomic mass is 16.3. The molecule has 0 saturated heterocycles. The Labute approximate surface area is 135 Å². The zero-order chi connectivity index (χ0) is 17.0. The van der Waals surface area contributed by atoms with Gasteiger partial charge in [-0.3, -0.25) is 4.99 Å². The van der Waals surface area contributed by atoms with Crippen molar-refractivity contribution in [1.29, 1.82) is 0 Å². The van der Waals surface area contributed by atoms with Gasteiger partial charge in [-0.2, -0.15) is 0 Å². The summed E-state index contributed by atoms with van der Waals surface area (Å²) in [5.41, 5.74) is 0.430. The van der Waals surface area contributed by atoms with Gasteiger partial charge in [0.15, 0.2) is 0 Å². The van der Waals surface area contributed by atoms with Crippen molar-refractivity contribution < 1.29 is 5.11 Å². The number of aliphatic hydroxyl groups is 1. The predicted molar refractivity (Wildman–Crippen MR) is 94.5 cm³/mol. The van der Waals surface area contributed by atoms with Crippen LogP contribution in [0.2, 0.25) is 0 Å². The molecule has 5 nitrogen and oxygen atoms in total. The molecule has 0 radical (unpaired) electrons. The fraction of sp³-hybridized carbons (Fsp3) is 0.765. The predicted octanol–water partition coefficient (Wildman–Crippen LogP) is 2.43. The lowest BCUT2D eigenvalue weighted by Gasteiger charge is -2.25. The van der Waals surface area contributed by atoms with Crippen molar-refractivity contribution in [1.82, 2.24) is 10.2 Å². The van der Waals surface area contributed by atoms with Gasteiger partial charge in [0.25, 0.3) is 0 Å². The molecule has 1 unspecified atom stereocenters. The summed E-state index contributed by atoms with van der Waals surface area (Å²) in [6.07, 6.45) is 3.96. The summed E-state index contributed by atoms with van der Waals surface area (Å²) in [5, 5.41) is 13.0. The van der Waals surface area contributed by atoms with E-state index in [-0.39, 0.29) is 11.5 Å². The first-order chi connectivity index (χ1) is 10.1. The van der Waals surface area contributed by atoms with E-state index in [1.54, 1.807) is 13.8 Å². The number of rotatable bonds is 4. The van der Waals surface area contributed by atoms with Crippen molar-refractivity contribution in [2.24, 2.45) is 15.4 Å². The van der Waals surface area contributed by atoms with Gasteiger partial charge in [-0.25, -0.2) is 4.99 Å². The van der Waals surface area contributed by atoms with E-state index in [2.05, 4.69) is 42.1 Å². The van der Waals surface area contributed by atoms with Crippen LogP contribution in [0.1, 0.15) is 48.5 Å². The van der Waals surface area contributed by atoms with Crippen LogP contribution in [0, 0.1) is 5.41 Å². The largest absolute Gasteiger partial charge is 0.389 e. The van der Waals surface area contributed by atoms with Crippen LogP contribution in [0.5, 0.6) is 0 Å². The molecule has 0 amide bonds. The highest BCUT2D eigenvalue weighted by Crippen LogP contribution is 2.29. The van der Waals surface area contributed by atoms with Crippen molar-refractivity contribution in [2.75, 3.05) is 19.6 Å². The SMILES string of the molecule is CC.CC(C)(O)CNCC1CN2C=NC(C(C)(C)C)=CC2=N1. The minimum absolute atomic E-state index is 0.0440. The highest BCUT2D eigenvalue weighted by Gasteiger charge is 2.28. The Morgan fingerprint density at radius 2 is 1.91 bits per heavy atom. The van der Waals surface area contributed by atoms with E-state index in [4.69, 9.17) is 4.99 Å². The van der Waals surface area contributed by atoms with E-state index >= 15 is 0 Å². The number of allylic oxidation sites excluding steroid dienone is 1. The number of nitrogens with one attached hydrogen (secondary N) is 1. The maximum absolute atomic E-state index is 9.68. The van der Waals surface area contributed by atoms with Crippen molar-refractivity contribution >= 4 is 12.2 Å². The summed E-state index contributed by atoms with van der Waals surface area (Å²) in [6.45, 7) is 16.3. The molecule has 22 heavy (non-hydrogen) atoms. The second-order valence-electron chi connectivity index (χ2n) is 7.26. The van der Waals surface area contributed by atoms with E-state index in [1.807, 2.05) is 20.2 Å². The van der Waals surface area contributed by atoms with Gasteiger partial charge in [0.05, 0.1) is 23.7 Å². The molecule has 0 aromatic carbocycles. The van der Waals surface area contributed by atoms with Gasteiger partial charge in [-0.15, -0.1) is 0 Å². The monoisotopic (exact) mass is 308 g/mol. The number of nitrogens with zero attached hydrogens (tertiary/aromatic N) is 3. The maximum atomic E-state index is 9.68. The van der Waals surface area contributed by atoms with Gasteiger partial charge in [0, 0.05) is 31.1 Å². The minimum atomic E-state index is -0.681. The van der Waals surface area contributed by atoms with Gasteiger partial charge >= 0.3 is 0 Å². The van der Waals surface area contributed by atoms with Gasteiger partial charge in [-0.1, -0.05) is 34.6 Å². The van der Waals surface area contributed by atoms with Crippen LogP contribution >= 0.6 is 0 Å². The van der Waals surface area contributed by atoms with Gasteiger partial charge in [0.1, 0.15) is 5.84 Å². The number of aliphatic imine (C=N–C) groups is 2. The third kappa shape index (κ3) is 5.54. The van der Waals surface area contributed by atoms with E-state index in [0.717, 1.165) is 24.6 Å². The molecule has 0 aliphatic carbocycles. The number of fused-ring (bicyclic) bond motifs is 1. The Morgan fingerprint density at radius 1 is 1.27 bits per heavy atom. The third-order valence-electron chi connectivity index (χ3n) is 3.32. The number of amidine groups is 1. The molecule has 0 bridgehead atoms. The molecule has 0 saturated carbocycles. The Hall–Kier alpha value is -1.20. The first-order valence-corrected chi connectivity index (χ1v) is 8.19. The number of hydrogen-bond acceptors (Lipinski definition) is 5. The third-order valence-corrected chi connectivity index (χ3v) is 3.32. The van der Waals surface area contributed by atoms with Gasteiger partial charge < -0.3 is 15.3 Å². The molecule has 126 valence electrons. The lowest BCUT2D eigenvalue weighted by molar-refractivity contribution is 0.0796. The Morgan fingerprint density at radius 3 is 2.45 bits per heavy atom. The molecular weight excluding hydrogens is 276 g/mol. The lowest BCUT2D eigenvalue weighted by atomic mass is 9.91. The molecule has 2 rings (SSSR count). The van der Waals surface area contributed by atoms with E-state index in [0.29, 0.717) is 6.54 Å². The van der Waals surface area contributed by atoms with Gasteiger partial charge in [0.2, 0.25) is 0 Å². The quantitative estimate of drug-likeness (QED) is 0.838. The van der Waals surface area contributed by atoms with E-state index in [9.17, 15) is 5.11 Å². The molecule has 0 spiro atoms. The second kappa shape index (κ2) is 7.38. The molecule has 2 N–H and O–H groups in total. The highest BCUT2D eigenvalue weighted by molar-refractivity contribution is 6.03. The Balaban J connectivity index is 0.00000116. The molecule has 2 aliphatic heterocycles. The number of hydrogen-bond donors (Lipinski definition) is 2. The van der Waals surface area contributed by atoms with E-state index in [1.165, 1.54) is 0 Å². The molecular formula is C17H32N4O.